The number of nitrogens with zero attached hydrogens (tertiary/aromatic N) is 1. The highest BCUT2D eigenvalue weighted by molar-refractivity contribution is 5.47. The number of benzene rings is 1. The van der Waals surface area contributed by atoms with Crippen molar-refractivity contribution in [3.63, 3.8) is 0 Å². The van der Waals surface area contributed by atoms with Crippen LogP contribution in [0.25, 0.3) is 0 Å². The van der Waals surface area contributed by atoms with Crippen LogP contribution in [0, 0.1) is 5.82 Å². The maximum Gasteiger partial charge on any atom is 0.129 e. The quantitative estimate of drug-likeness (QED) is 0.767. The molecular weight excluding hydrogens is 207 g/mol. The number of nitrogens with two attached hydrogens (primary N) is 1. The molecule has 4 heteroatoms. The second-order valence-electron chi connectivity index (χ2n) is 4.79. The van der Waals surface area contributed by atoms with E-state index < -0.39 is 5.60 Å². The van der Waals surface area contributed by atoms with Gasteiger partial charge in [0, 0.05) is 24.3 Å². The molecule has 0 aliphatic heterocycles. The molecule has 0 radical (unpaired) electrons. The number of likely N-dealkylation sites (N-methyl/N-ethyl adjacent to an activating group) is 1. The molecule has 0 saturated carbocycles. The summed E-state index contributed by atoms with van der Waals surface area (Å²) in [5.74, 6) is -0.303. The van der Waals surface area contributed by atoms with E-state index in [1.807, 2.05) is 11.9 Å². The van der Waals surface area contributed by atoms with Crippen molar-refractivity contribution < 1.29 is 9.50 Å². The summed E-state index contributed by atoms with van der Waals surface area (Å²) in [6, 6.07) is 4.66. The van der Waals surface area contributed by atoms with Crippen molar-refractivity contribution in [2.75, 3.05) is 19.3 Å². The van der Waals surface area contributed by atoms with Crippen LogP contribution in [0.4, 0.5) is 10.1 Å². The first kappa shape index (κ1) is 12.9. The molecular formula is C12H19FN2O. The fourth-order valence-corrected chi connectivity index (χ4v) is 1.73. The SMILES string of the molecule is CN(Cc1c(N)cccc1F)CC(C)(C)O. The van der Waals surface area contributed by atoms with Gasteiger partial charge in [0.15, 0.2) is 0 Å². The minimum Gasteiger partial charge on any atom is -0.398 e. The van der Waals surface area contributed by atoms with Crippen LogP contribution in [0.1, 0.15) is 19.4 Å². The third kappa shape index (κ3) is 3.79. The van der Waals surface area contributed by atoms with Crippen LogP contribution in [0.2, 0.25) is 0 Å². The highest BCUT2D eigenvalue weighted by Crippen LogP contribution is 2.18. The number of anilines is 1. The van der Waals surface area contributed by atoms with Gasteiger partial charge in [-0.25, -0.2) is 4.39 Å². The topological polar surface area (TPSA) is 49.5 Å². The van der Waals surface area contributed by atoms with Crippen molar-refractivity contribution in [2.45, 2.75) is 26.0 Å². The first-order valence-electron chi connectivity index (χ1n) is 5.23. The van der Waals surface area contributed by atoms with Gasteiger partial charge in [-0.3, -0.25) is 4.90 Å². The smallest absolute Gasteiger partial charge is 0.129 e. The van der Waals surface area contributed by atoms with E-state index in [4.69, 9.17) is 5.73 Å². The van der Waals surface area contributed by atoms with Crippen LogP contribution in [0.5, 0.6) is 0 Å². The van der Waals surface area contributed by atoms with Crippen LogP contribution in [-0.4, -0.2) is 29.2 Å². The van der Waals surface area contributed by atoms with Crippen LogP contribution in [0.3, 0.4) is 0 Å². The molecule has 90 valence electrons. The molecule has 3 N–H and O–H groups in total. The zero-order chi connectivity index (χ0) is 12.3. The predicted molar refractivity (Wildman–Crippen MR) is 63.4 cm³/mol. The first-order valence-corrected chi connectivity index (χ1v) is 5.23. The summed E-state index contributed by atoms with van der Waals surface area (Å²) in [4.78, 5) is 1.84. The summed E-state index contributed by atoms with van der Waals surface area (Å²) >= 11 is 0. The minimum absolute atomic E-state index is 0.303. The molecule has 0 atom stereocenters. The summed E-state index contributed by atoms with van der Waals surface area (Å²) < 4.78 is 13.5. The monoisotopic (exact) mass is 226 g/mol. The Bertz CT molecular complexity index is 340. The Balaban J connectivity index is 2.73. The lowest BCUT2D eigenvalue weighted by Gasteiger charge is -2.25. The fraction of sp³-hybridized carbons (Fsp3) is 0.500. The van der Waals surface area contributed by atoms with Crippen LogP contribution in [-0.2, 0) is 6.54 Å². The molecule has 16 heavy (non-hydrogen) atoms. The highest BCUT2D eigenvalue weighted by Gasteiger charge is 2.17. The van der Waals surface area contributed by atoms with Crippen LogP contribution >= 0.6 is 0 Å². The van der Waals surface area contributed by atoms with E-state index in [1.54, 1.807) is 26.0 Å². The second kappa shape index (κ2) is 4.80. The number of rotatable bonds is 4. The molecule has 0 fully saturated rings. The number of hydrogen-bond donors (Lipinski definition) is 2. The third-order valence-electron chi connectivity index (χ3n) is 2.24. The molecule has 0 bridgehead atoms. The molecule has 1 aromatic rings. The molecule has 1 aromatic carbocycles. The summed E-state index contributed by atoms with van der Waals surface area (Å²) in [5, 5.41) is 9.64. The van der Waals surface area contributed by atoms with E-state index in [9.17, 15) is 9.50 Å². The zero-order valence-corrected chi connectivity index (χ0v) is 10.00. The zero-order valence-electron chi connectivity index (χ0n) is 10.00. The number of hydrogen-bond acceptors (Lipinski definition) is 3. The Morgan fingerprint density at radius 2 is 2.06 bits per heavy atom. The highest BCUT2D eigenvalue weighted by atomic mass is 19.1. The van der Waals surface area contributed by atoms with Gasteiger partial charge in [-0.05, 0) is 33.0 Å². The maximum atomic E-state index is 13.5. The van der Waals surface area contributed by atoms with E-state index in [-0.39, 0.29) is 5.82 Å². The van der Waals surface area contributed by atoms with Gasteiger partial charge in [-0.15, -0.1) is 0 Å². The van der Waals surface area contributed by atoms with Crippen LogP contribution < -0.4 is 5.73 Å². The largest absolute Gasteiger partial charge is 0.398 e. The lowest BCUT2D eigenvalue weighted by Crippen LogP contribution is -2.36. The predicted octanol–water partition coefficient (Wildman–Crippen LogP) is 1.61. The van der Waals surface area contributed by atoms with Gasteiger partial charge in [0.25, 0.3) is 0 Å². The Labute approximate surface area is 95.7 Å². The Morgan fingerprint density at radius 3 is 2.56 bits per heavy atom. The fourth-order valence-electron chi connectivity index (χ4n) is 1.73. The number of halogens is 1. The third-order valence-corrected chi connectivity index (χ3v) is 2.24. The van der Waals surface area contributed by atoms with E-state index in [0.29, 0.717) is 24.3 Å². The summed E-state index contributed by atoms with van der Waals surface area (Å²) in [6.07, 6.45) is 0. The van der Waals surface area contributed by atoms with E-state index in [1.165, 1.54) is 6.07 Å². The van der Waals surface area contributed by atoms with Crippen LogP contribution in [0.15, 0.2) is 18.2 Å². The Hall–Kier alpha value is -1.13. The molecule has 0 saturated heterocycles. The lowest BCUT2D eigenvalue weighted by atomic mass is 10.1. The summed E-state index contributed by atoms with van der Waals surface area (Å²) in [6.45, 7) is 4.28. The standard InChI is InChI=1S/C12H19FN2O/c1-12(2,16)8-15(3)7-9-10(13)5-4-6-11(9)14/h4-6,16H,7-8,14H2,1-3H3. The molecule has 0 heterocycles. The molecule has 0 amide bonds. The average molecular weight is 226 g/mol. The van der Waals surface area contributed by atoms with Gasteiger partial charge in [-0.1, -0.05) is 6.07 Å². The molecule has 0 aliphatic carbocycles. The van der Waals surface area contributed by atoms with E-state index in [2.05, 4.69) is 0 Å². The van der Waals surface area contributed by atoms with Crippen molar-refractivity contribution in [3.8, 4) is 0 Å². The Kier molecular flexibility index (Phi) is 3.88. The maximum absolute atomic E-state index is 13.5. The average Bonchev–Trinajstić information content (AvgIpc) is 2.08. The first-order chi connectivity index (χ1) is 7.29. The molecule has 0 aliphatic rings. The summed E-state index contributed by atoms with van der Waals surface area (Å²) in [7, 11) is 1.82. The number of nitrogen functional groups attached to an aromatic ring is 1. The van der Waals surface area contributed by atoms with Crippen molar-refractivity contribution in [3.05, 3.63) is 29.6 Å². The minimum atomic E-state index is -0.797. The van der Waals surface area contributed by atoms with Gasteiger partial charge in [0.05, 0.1) is 5.60 Å². The normalized spacial score (nSPS) is 12.1. The van der Waals surface area contributed by atoms with Gasteiger partial charge in [-0.2, -0.15) is 0 Å². The van der Waals surface area contributed by atoms with Gasteiger partial charge in [0.1, 0.15) is 5.82 Å². The van der Waals surface area contributed by atoms with Crippen molar-refractivity contribution >= 4 is 5.69 Å². The van der Waals surface area contributed by atoms with Gasteiger partial charge in [0.2, 0.25) is 0 Å². The molecule has 0 aromatic heterocycles. The number of aliphatic hydroxyl groups is 1. The van der Waals surface area contributed by atoms with E-state index >= 15 is 0 Å². The van der Waals surface area contributed by atoms with Gasteiger partial charge < -0.3 is 10.8 Å². The Morgan fingerprint density at radius 1 is 1.44 bits per heavy atom. The van der Waals surface area contributed by atoms with Crippen molar-refractivity contribution in [1.29, 1.82) is 0 Å². The van der Waals surface area contributed by atoms with Gasteiger partial charge >= 0.3 is 0 Å². The molecule has 1 rings (SSSR count). The summed E-state index contributed by atoms with van der Waals surface area (Å²) in [5.41, 5.74) is 5.84. The second-order valence-corrected chi connectivity index (χ2v) is 4.79. The van der Waals surface area contributed by atoms with Crippen molar-refractivity contribution in [2.24, 2.45) is 0 Å². The lowest BCUT2D eigenvalue weighted by molar-refractivity contribution is 0.0422. The van der Waals surface area contributed by atoms with E-state index in [0.717, 1.165) is 0 Å². The molecule has 0 spiro atoms. The molecule has 0 unspecified atom stereocenters. The van der Waals surface area contributed by atoms with Crippen molar-refractivity contribution in [1.82, 2.24) is 4.90 Å². The molecule has 3 nitrogen and oxygen atoms in total.